The normalized spacial score (nSPS) is 23.0. The molecule has 0 aromatic heterocycles. The summed E-state index contributed by atoms with van der Waals surface area (Å²) >= 11 is 0. The summed E-state index contributed by atoms with van der Waals surface area (Å²) in [5, 5.41) is 0. The van der Waals surface area contributed by atoms with Gasteiger partial charge in [0.2, 0.25) is 15.9 Å². The van der Waals surface area contributed by atoms with Crippen LogP contribution in [0.3, 0.4) is 0 Å². The molecule has 2 aliphatic heterocycles. The fourth-order valence-corrected chi connectivity index (χ4v) is 7.46. The number of unbranched alkanes of at least 4 members (excludes halogenated alkanes) is 5. The van der Waals surface area contributed by atoms with Gasteiger partial charge >= 0.3 is 6.03 Å². The molecular formula is C29H47N5O4S. The quantitative estimate of drug-likeness (QED) is 0.352. The Morgan fingerprint density at radius 3 is 2.26 bits per heavy atom. The van der Waals surface area contributed by atoms with Gasteiger partial charge in [0.05, 0.1) is 10.9 Å². The SMILES string of the molecule is CCCCCCCCN1CCN(c2ccc(S(=O)(=O)NC3CCC(C(N)C(=O)N4CCCC4)CC3)cc2)C1=O. The Balaban J connectivity index is 1.23. The molecule has 1 aromatic rings. The number of carbonyl (C=O) groups excluding carboxylic acids is 2. The lowest BCUT2D eigenvalue weighted by Crippen LogP contribution is -2.49. The minimum atomic E-state index is -3.68. The molecule has 4 rings (SSSR count). The fraction of sp³-hybridized carbons (Fsp3) is 0.724. The lowest BCUT2D eigenvalue weighted by Gasteiger charge is -2.33. The van der Waals surface area contributed by atoms with Gasteiger partial charge in [0, 0.05) is 44.5 Å². The second kappa shape index (κ2) is 13.9. The largest absolute Gasteiger partial charge is 0.341 e. The van der Waals surface area contributed by atoms with Gasteiger partial charge < -0.3 is 15.5 Å². The van der Waals surface area contributed by atoms with Gasteiger partial charge in [-0.15, -0.1) is 0 Å². The van der Waals surface area contributed by atoms with Crippen LogP contribution >= 0.6 is 0 Å². The summed E-state index contributed by atoms with van der Waals surface area (Å²) in [4.78, 5) is 31.2. The van der Waals surface area contributed by atoms with Crippen molar-refractivity contribution in [3.63, 3.8) is 0 Å². The second-order valence-corrected chi connectivity index (χ2v) is 13.2. The Kier molecular flexibility index (Phi) is 10.7. The van der Waals surface area contributed by atoms with Crippen LogP contribution < -0.4 is 15.4 Å². The molecule has 1 aliphatic carbocycles. The zero-order valence-corrected chi connectivity index (χ0v) is 24.3. The van der Waals surface area contributed by atoms with Crippen molar-refractivity contribution in [2.45, 2.75) is 101 Å². The van der Waals surface area contributed by atoms with Crippen LogP contribution in [0.25, 0.3) is 0 Å². The number of sulfonamides is 1. The number of amides is 3. The highest BCUT2D eigenvalue weighted by atomic mass is 32.2. The molecule has 1 saturated carbocycles. The highest BCUT2D eigenvalue weighted by Gasteiger charge is 2.34. The molecule has 3 aliphatic rings. The maximum absolute atomic E-state index is 13.1. The van der Waals surface area contributed by atoms with E-state index in [0.29, 0.717) is 25.9 Å². The summed E-state index contributed by atoms with van der Waals surface area (Å²) < 4.78 is 29.0. The molecule has 1 aromatic carbocycles. The first-order valence-electron chi connectivity index (χ1n) is 15.0. The minimum absolute atomic E-state index is 0.00419. The monoisotopic (exact) mass is 561 g/mol. The van der Waals surface area contributed by atoms with Crippen molar-refractivity contribution < 1.29 is 18.0 Å². The molecule has 0 radical (unpaired) electrons. The smallest absolute Gasteiger partial charge is 0.324 e. The van der Waals surface area contributed by atoms with Gasteiger partial charge in [-0.05, 0) is 75.1 Å². The third kappa shape index (κ3) is 7.73. The van der Waals surface area contributed by atoms with E-state index in [-0.39, 0.29) is 28.8 Å². The molecule has 3 N–H and O–H groups in total. The highest BCUT2D eigenvalue weighted by molar-refractivity contribution is 7.89. The number of nitrogens with one attached hydrogen (secondary N) is 1. The number of hydrogen-bond donors (Lipinski definition) is 2. The average Bonchev–Trinajstić information content (AvgIpc) is 3.61. The van der Waals surface area contributed by atoms with Crippen molar-refractivity contribution in [3.8, 4) is 0 Å². The number of hydrogen-bond acceptors (Lipinski definition) is 5. The molecule has 1 atom stereocenters. The lowest BCUT2D eigenvalue weighted by molar-refractivity contribution is -0.133. The predicted molar refractivity (Wildman–Crippen MR) is 154 cm³/mol. The first-order chi connectivity index (χ1) is 18.8. The molecule has 0 spiro atoms. The Morgan fingerprint density at radius 1 is 0.949 bits per heavy atom. The zero-order valence-electron chi connectivity index (χ0n) is 23.5. The Hall–Kier alpha value is -2.17. The maximum Gasteiger partial charge on any atom is 0.324 e. The Labute approximate surface area is 234 Å². The number of nitrogens with two attached hydrogens (primary N) is 1. The Bertz CT molecular complexity index is 1050. The molecule has 2 saturated heterocycles. The number of nitrogens with zero attached hydrogens (tertiary/aromatic N) is 3. The van der Waals surface area contributed by atoms with Crippen LogP contribution in [0, 0.1) is 5.92 Å². The number of likely N-dealkylation sites (tertiary alicyclic amines) is 1. The summed E-state index contributed by atoms with van der Waals surface area (Å²) in [7, 11) is -3.68. The standard InChI is InChI=1S/C29H47N5O4S/c1-2-3-4-5-6-7-20-33-21-22-34(29(33)36)25-14-16-26(17-15-25)39(37,38)31-24-12-10-23(11-13-24)27(30)28(35)32-18-8-9-19-32/h14-17,23-24,27,31H,2-13,18-22,30H2,1H3. The van der Waals surface area contributed by atoms with E-state index in [2.05, 4.69) is 11.6 Å². The Morgan fingerprint density at radius 2 is 1.59 bits per heavy atom. The number of carbonyl (C=O) groups is 2. The molecular weight excluding hydrogens is 514 g/mol. The van der Waals surface area contributed by atoms with Gasteiger partial charge in [-0.25, -0.2) is 17.9 Å². The predicted octanol–water partition coefficient (Wildman–Crippen LogP) is 4.08. The van der Waals surface area contributed by atoms with Gasteiger partial charge in [0.15, 0.2) is 0 Å². The number of benzene rings is 1. The first kappa shape index (κ1) is 29.8. The topological polar surface area (TPSA) is 116 Å². The molecule has 9 nitrogen and oxygen atoms in total. The summed E-state index contributed by atoms with van der Waals surface area (Å²) in [6.07, 6.45) is 12.0. The molecule has 39 heavy (non-hydrogen) atoms. The lowest BCUT2D eigenvalue weighted by atomic mass is 9.81. The van der Waals surface area contributed by atoms with Crippen molar-refractivity contribution in [1.29, 1.82) is 0 Å². The van der Waals surface area contributed by atoms with Crippen LogP contribution in [0.1, 0.15) is 84.0 Å². The zero-order chi connectivity index (χ0) is 27.8. The molecule has 10 heteroatoms. The van der Waals surface area contributed by atoms with E-state index >= 15 is 0 Å². The summed E-state index contributed by atoms with van der Waals surface area (Å²) in [6, 6.07) is 5.94. The minimum Gasteiger partial charge on any atom is -0.341 e. The van der Waals surface area contributed by atoms with Crippen molar-refractivity contribution >= 4 is 27.6 Å². The number of rotatable bonds is 13. The number of urea groups is 1. The third-order valence-electron chi connectivity index (χ3n) is 8.64. The summed E-state index contributed by atoms with van der Waals surface area (Å²) in [5.41, 5.74) is 7.03. The maximum atomic E-state index is 13.1. The van der Waals surface area contributed by atoms with Crippen LogP contribution in [0.4, 0.5) is 10.5 Å². The molecule has 0 bridgehead atoms. The molecule has 3 fully saturated rings. The van der Waals surface area contributed by atoms with E-state index in [1.54, 1.807) is 29.2 Å². The van der Waals surface area contributed by atoms with Crippen molar-refractivity contribution in [3.05, 3.63) is 24.3 Å². The van der Waals surface area contributed by atoms with Crippen LogP contribution in [0.5, 0.6) is 0 Å². The van der Waals surface area contributed by atoms with Crippen molar-refractivity contribution in [2.24, 2.45) is 11.7 Å². The van der Waals surface area contributed by atoms with Gasteiger partial charge in [-0.3, -0.25) is 9.69 Å². The van der Waals surface area contributed by atoms with Crippen LogP contribution in [-0.4, -0.2) is 75.0 Å². The van der Waals surface area contributed by atoms with E-state index in [9.17, 15) is 18.0 Å². The molecule has 2 heterocycles. The summed E-state index contributed by atoms with van der Waals surface area (Å²) in [6.45, 7) is 5.89. The molecule has 218 valence electrons. The highest BCUT2D eigenvalue weighted by Crippen LogP contribution is 2.29. The molecule has 3 amide bonds. The van der Waals surface area contributed by atoms with Crippen LogP contribution in [0.2, 0.25) is 0 Å². The van der Waals surface area contributed by atoms with E-state index in [1.807, 2.05) is 9.80 Å². The second-order valence-electron chi connectivity index (χ2n) is 11.5. The van der Waals surface area contributed by atoms with Crippen molar-refractivity contribution in [2.75, 3.05) is 37.6 Å². The van der Waals surface area contributed by atoms with Gasteiger partial charge in [0.25, 0.3) is 0 Å². The van der Waals surface area contributed by atoms with E-state index in [1.165, 1.54) is 25.7 Å². The first-order valence-corrected chi connectivity index (χ1v) is 16.5. The van der Waals surface area contributed by atoms with Gasteiger partial charge in [-0.1, -0.05) is 39.0 Å². The van der Waals surface area contributed by atoms with Gasteiger partial charge in [-0.2, -0.15) is 0 Å². The fourth-order valence-electron chi connectivity index (χ4n) is 6.15. The average molecular weight is 562 g/mol. The van der Waals surface area contributed by atoms with E-state index < -0.39 is 16.1 Å². The van der Waals surface area contributed by atoms with E-state index in [0.717, 1.165) is 63.8 Å². The van der Waals surface area contributed by atoms with Crippen LogP contribution in [0.15, 0.2) is 29.2 Å². The number of anilines is 1. The van der Waals surface area contributed by atoms with Gasteiger partial charge in [0.1, 0.15) is 0 Å². The third-order valence-corrected chi connectivity index (χ3v) is 10.2. The van der Waals surface area contributed by atoms with Crippen molar-refractivity contribution in [1.82, 2.24) is 14.5 Å². The summed E-state index contributed by atoms with van der Waals surface area (Å²) in [5.74, 6) is 0.135. The van der Waals surface area contributed by atoms with Crippen LogP contribution in [-0.2, 0) is 14.8 Å². The molecule has 1 unspecified atom stereocenters. The van der Waals surface area contributed by atoms with E-state index in [4.69, 9.17) is 5.73 Å².